The Hall–Kier alpha value is -1.72. The van der Waals surface area contributed by atoms with Gasteiger partial charge in [0.05, 0.1) is 19.5 Å². The molecule has 1 aromatic carbocycles. The average molecular weight is 272 g/mol. The Labute approximate surface area is 109 Å². The Morgan fingerprint density at radius 1 is 1.37 bits per heavy atom. The number of halogens is 3. The Kier molecular flexibility index (Phi) is 3.97. The number of anilines is 1. The van der Waals surface area contributed by atoms with Crippen molar-refractivity contribution in [3.05, 3.63) is 23.8 Å². The molecular weight excluding hydrogens is 257 g/mol. The SMILES string of the molecule is COc1cccc2c1C(CCCC(F)(F)F)N=CN2. The van der Waals surface area contributed by atoms with Gasteiger partial charge in [0.1, 0.15) is 5.75 Å². The van der Waals surface area contributed by atoms with Crippen LogP contribution in [-0.4, -0.2) is 19.6 Å². The molecule has 0 amide bonds. The first-order valence-corrected chi connectivity index (χ1v) is 6.03. The van der Waals surface area contributed by atoms with Crippen LogP contribution in [0, 0.1) is 0 Å². The highest BCUT2D eigenvalue weighted by molar-refractivity contribution is 5.81. The number of fused-ring (bicyclic) bond motifs is 1. The Morgan fingerprint density at radius 2 is 2.16 bits per heavy atom. The quantitative estimate of drug-likeness (QED) is 0.901. The first-order valence-electron chi connectivity index (χ1n) is 6.03. The van der Waals surface area contributed by atoms with E-state index < -0.39 is 12.6 Å². The topological polar surface area (TPSA) is 33.6 Å². The lowest BCUT2D eigenvalue weighted by atomic mass is 9.97. The van der Waals surface area contributed by atoms with Crippen LogP contribution in [0.25, 0.3) is 0 Å². The van der Waals surface area contributed by atoms with Gasteiger partial charge in [-0.05, 0) is 25.0 Å². The second kappa shape index (κ2) is 5.50. The van der Waals surface area contributed by atoms with Gasteiger partial charge in [-0.15, -0.1) is 0 Å². The Bertz CT molecular complexity index is 471. The number of rotatable bonds is 4. The van der Waals surface area contributed by atoms with Crippen LogP contribution in [0.1, 0.15) is 30.9 Å². The normalized spacial score (nSPS) is 17.8. The minimum Gasteiger partial charge on any atom is -0.496 e. The smallest absolute Gasteiger partial charge is 0.389 e. The van der Waals surface area contributed by atoms with E-state index in [0.717, 1.165) is 11.3 Å². The molecule has 0 saturated heterocycles. The first kappa shape index (κ1) is 13.7. The summed E-state index contributed by atoms with van der Waals surface area (Å²) in [4.78, 5) is 4.22. The molecule has 3 nitrogen and oxygen atoms in total. The zero-order valence-electron chi connectivity index (χ0n) is 10.5. The maximum Gasteiger partial charge on any atom is 0.389 e. The zero-order valence-corrected chi connectivity index (χ0v) is 10.5. The van der Waals surface area contributed by atoms with Crippen LogP contribution < -0.4 is 10.1 Å². The molecule has 0 spiro atoms. The molecule has 2 rings (SSSR count). The van der Waals surface area contributed by atoms with E-state index in [1.807, 2.05) is 12.1 Å². The minimum atomic E-state index is -4.11. The summed E-state index contributed by atoms with van der Waals surface area (Å²) in [5, 5.41) is 2.98. The van der Waals surface area contributed by atoms with E-state index in [9.17, 15) is 13.2 Å². The third-order valence-electron chi connectivity index (χ3n) is 3.03. The van der Waals surface area contributed by atoms with Crippen LogP contribution >= 0.6 is 0 Å². The van der Waals surface area contributed by atoms with E-state index in [-0.39, 0.29) is 12.5 Å². The fourth-order valence-electron chi connectivity index (χ4n) is 2.18. The molecule has 0 aromatic heterocycles. The van der Waals surface area contributed by atoms with Crippen molar-refractivity contribution < 1.29 is 17.9 Å². The Morgan fingerprint density at radius 3 is 2.84 bits per heavy atom. The van der Waals surface area contributed by atoms with Gasteiger partial charge in [-0.1, -0.05) is 6.07 Å². The van der Waals surface area contributed by atoms with Gasteiger partial charge in [0.2, 0.25) is 0 Å². The fourth-order valence-corrected chi connectivity index (χ4v) is 2.18. The summed E-state index contributed by atoms with van der Waals surface area (Å²) in [5.41, 5.74) is 1.67. The van der Waals surface area contributed by atoms with Gasteiger partial charge < -0.3 is 10.1 Å². The van der Waals surface area contributed by atoms with E-state index >= 15 is 0 Å². The maximum atomic E-state index is 12.2. The predicted molar refractivity (Wildman–Crippen MR) is 67.8 cm³/mol. The number of nitrogens with zero attached hydrogens (tertiary/aromatic N) is 1. The molecule has 0 fully saturated rings. The van der Waals surface area contributed by atoms with Crippen molar-refractivity contribution >= 4 is 12.0 Å². The number of ether oxygens (including phenoxy) is 1. The van der Waals surface area contributed by atoms with Crippen molar-refractivity contribution in [1.29, 1.82) is 0 Å². The van der Waals surface area contributed by atoms with E-state index in [1.165, 1.54) is 6.34 Å². The van der Waals surface area contributed by atoms with Gasteiger partial charge in [0, 0.05) is 17.7 Å². The number of nitrogens with one attached hydrogen (secondary N) is 1. The number of alkyl halides is 3. The zero-order chi connectivity index (χ0) is 13.9. The van der Waals surface area contributed by atoms with E-state index in [1.54, 1.807) is 13.2 Å². The summed E-state index contributed by atoms with van der Waals surface area (Å²) in [6.07, 6.45) is -2.95. The maximum absolute atomic E-state index is 12.2. The molecule has 1 N–H and O–H groups in total. The summed E-state index contributed by atoms with van der Waals surface area (Å²) in [7, 11) is 1.54. The number of hydrogen-bond acceptors (Lipinski definition) is 3. The van der Waals surface area contributed by atoms with Crippen molar-refractivity contribution in [3.8, 4) is 5.75 Å². The highest BCUT2D eigenvalue weighted by Crippen LogP contribution is 2.39. The molecule has 0 saturated carbocycles. The molecule has 0 aliphatic carbocycles. The fraction of sp³-hybridized carbons (Fsp3) is 0.462. The first-order chi connectivity index (χ1) is 9.01. The molecule has 19 heavy (non-hydrogen) atoms. The molecule has 1 unspecified atom stereocenters. The van der Waals surface area contributed by atoms with Crippen molar-refractivity contribution in [2.45, 2.75) is 31.5 Å². The molecule has 1 atom stereocenters. The third kappa shape index (κ3) is 3.39. The van der Waals surface area contributed by atoms with Crippen molar-refractivity contribution in [2.75, 3.05) is 12.4 Å². The number of hydrogen-bond donors (Lipinski definition) is 1. The van der Waals surface area contributed by atoms with Crippen LogP contribution in [0.3, 0.4) is 0 Å². The summed E-state index contributed by atoms with van der Waals surface area (Å²) in [6.45, 7) is 0. The largest absolute Gasteiger partial charge is 0.496 e. The molecule has 1 aromatic rings. The second-order valence-electron chi connectivity index (χ2n) is 4.37. The summed E-state index contributed by atoms with van der Waals surface area (Å²) < 4.78 is 41.8. The second-order valence-corrected chi connectivity index (χ2v) is 4.37. The molecule has 0 bridgehead atoms. The summed E-state index contributed by atoms with van der Waals surface area (Å²) in [5.74, 6) is 0.652. The number of aliphatic imine (C=N–C) groups is 1. The molecule has 1 heterocycles. The lowest BCUT2D eigenvalue weighted by molar-refractivity contribution is -0.135. The number of benzene rings is 1. The monoisotopic (exact) mass is 272 g/mol. The average Bonchev–Trinajstić information content (AvgIpc) is 2.36. The van der Waals surface area contributed by atoms with E-state index in [0.29, 0.717) is 12.2 Å². The van der Waals surface area contributed by atoms with Gasteiger partial charge in [-0.2, -0.15) is 13.2 Å². The molecule has 1 aliphatic heterocycles. The van der Waals surface area contributed by atoms with Crippen LogP contribution in [0.2, 0.25) is 0 Å². The van der Waals surface area contributed by atoms with Crippen molar-refractivity contribution in [3.63, 3.8) is 0 Å². The summed E-state index contributed by atoms with van der Waals surface area (Å²) in [6, 6.07) is 5.20. The lowest BCUT2D eigenvalue weighted by Crippen LogP contribution is -2.13. The Balaban J connectivity index is 2.11. The van der Waals surface area contributed by atoms with Gasteiger partial charge in [-0.25, -0.2) is 0 Å². The van der Waals surface area contributed by atoms with Gasteiger partial charge in [-0.3, -0.25) is 4.99 Å². The molecule has 104 valence electrons. The summed E-state index contributed by atoms with van der Waals surface area (Å²) >= 11 is 0. The van der Waals surface area contributed by atoms with Crippen LogP contribution in [0.5, 0.6) is 5.75 Å². The van der Waals surface area contributed by atoms with Crippen LogP contribution in [-0.2, 0) is 0 Å². The van der Waals surface area contributed by atoms with Crippen molar-refractivity contribution in [2.24, 2.45) is 4.99 Å². The van der Waals surface area contributed by atoms with Crippen LogP contribution in [0.4, 0.5) is 18.9 Å². The highest BCUT2D eigenvalue weighted by atomic mass is 19.4. The molecule has 1 aliphatic rings. The predicted octanol–water partition coefficient (Wildman–Crippen LogP) is 3.92. The van der Waals surface area contributed by atoms with Gasteiger partial charge in [0.15, 0.2) is 0 Å². The van der Waals surface area contributed by atoms with Gasteiger partial charge in [0.25, 0.3) is 0 Å². The van der Waals surface area contributed by atoms with E-state index in [2.05, 4.69) is 10.3 Å². The minimum absolute atomic E-state index is 0.0585. The van der Waals surface area contributed by atoms with E-state index in [4.69, 9.17) is 4.74 Å². The molecular formula is C13H15F3N2O. The van der Waals surface area contributed by atoms with Crippen LogP contribution in [0.15, 0.2) is 23.2 Å². The lowest BCUT2D eigenvalue weighted by Gasteiger charge is -2.23. The van der Waals surface area contributed by atoms with Gasteiger partial charge >= 0.3 is 6.18 Å². The number of methoxy groups -OCH3 is 1. The highest BCUT2D eigenvalue weighted by Gasteiger charge is 2.28. The van der Waals surface area contributed by atoms with Crippen molar-refractivity contribution in [1.82, 2.24) is 0 Å². The standard InChI is InChI=1S/C13H15F3N2O/c1-19-11-6-2-4-9-12(11)10(18-8-17-9)5-3-7-13(14,15)16/h2,4,6,8,10H,3,5,7H2,1H3,(H,17,18). The molecule has 0 radical (unpaired) electrons. The molecule has 6 heteroatoms. The third-order valence-corrected chi connectivity index (χ3v) is 3.03.